The Balaban J connectivity index is 1.48. The maximum atomic E-state index is 14.5. The molecule has 4 aliphatic heterocycles. The number of hydrogen-bond acceptors (Lipinski definition) is 16. The van der Waals surface area contributed by atoms with Crippen molar-refractivity contribution in [3.63, 3.8) is 0 Å². The number of esters is 1. The van der Waals surface area contributed by atoms with Crippen LogP contribution in [0.4, 0.5) is 5.69 Å². The number of hydrazone groups is 1. The van der Waals surface area contributed by atoms with Gasteiger partial charge in [0.15, 0.2) is 5.75 Å². The molecule has 350 valence electrons. The van der Waals surface area contributed by atoms with Crippen LogP contribution in [-0.2, 0) is 23.8 Å². The zero-order chi connectivity index (χ0) is 46.8. The van der Waals surface area contributed by atoms with E-state index < -0.39 is 95.4 Å². The second-order valence-electron chi connectivity index (χ2n) is 17.8. The van der Waals surface area contributed by atoms with Gasteiger partial charge in [-0.25, -0.2) is 0 Å². The molecule has 7 rings (SSSR count). The molecule has 0 spiro atoms. The summed E-state index contributed by atoms with van der Waals surface area (Å²) < 4.78 is 23.7. The van der Waals surface area contributed by atoms with Crippen LogP contribution in [-0.4, -0.2) is 141 Å². The SMILES string of the molecule is CO[C@H]1/C=C/O[C@@]2(C)Oc3c(C)c(O)c4c(O)c(c(/C=N/N5CCN(C6CCCC6)CC5)c(O)c4c3C2=O)NC(=O)/C(C)=C\C=C\[C@H](CO)[C@H](O)[C@@H](C)[C@@H](O)[C@@H](C)[C@H](OC(C)=O)[C@@H]1C. The minimum absolute atomic E-state index is 0.0439. The molecule has 2 aromatic rings. The number of allylic oxidation sites excluding steroid dienone is 2. The molecular formula is C47H64N4O13. The summed E-state index contributed by atoms with van der Waals surface area (Å²) >= 11 is 0. The number of Topliss-reactive ketones (excluding diaryl/α,β-unsaturated/α-hetero) is 1. The van der Waals surface area contributed by atoms with Gasteiger partial charge in [-0.1, -0.05) is 51.8 Å². The van der Waals surface area contributed by atoms with Gasteiger partial charge in [-0.05, 0) is 32.8 Å². The molecule has 17 nitrogen and oxygen atoms in total. The largest absolute Gasteiger partial charge is 0.507 e. The molecule has 5 bridgehead atoms. The molecule has 1 saturated carbocycles. The number of benzene rings is 2. The number of phenolic OH excluding ortho intramolecular Hbond substituents is 3. The third kappa shape index (κ3) is 9.45. The van der Waals surface area contributed by atoms with Crippen molar-refractivity contribution < 1.29 is 64.0 Å². The third-order valence-electron chi connectivity index (χ3n) is 13.6. The van der Waals surface area contributed by atoms with Crippen molar-refractivity contribution in [3.8, 4) is 23.0 Å². The second kappa shape index (κ2) is 19.9. The van der Waals surface area contributed by atoms with Crippen LogP contribution in [0, 0.1) is 30.6 Å². The standard InChI is InChI=1S/C47H64N4O13/c1-24-12-11-13-30(23-52)39(55)26(3)38(54)27(4)43(63-29(6)53)25(2)33(61-8)16-21-62-47(7)45(59)36-34-35(40(56)28(5)44(36)64-47)42(58)37(49-46(24)60)32(41(34)57)22-48-51-19-17-50(18-20-51)31-14-9-10-15-31/h11-13,16,21-22,25-27,30-31,33,38-39,43,52,54-58H,9-10,14-15,17-20,23H2,1-8H3,(H,49,60)/b13-11+,21-16+,24-12-,48-22+/t25-,26+,27-,30-,33+,38-,39-,43-,47+/m1/s1. The van der Waals surface area contributed by atoms with Gasteiger partial charge in [0.05, 0.1) is 59.6 Å². The Kier molecular flexibility index (Phi) is 15.0. The van der Waals surface area contributed by atoms with Crippen molar-refractivity contribution in [2.75, 3.05) is 45.2 Å². The van der Waals surface area contributed by atoms with Gasteiger partial charge in [0.1, 0.15) is 23.4 Å². The number of hydrogen-bond donors (Lipinski definition) is 7. The molecule has 2 fully saturated rings. The summed E-state index contributed by atoms with van der Waals surface area (Å²) in [7, 11) is 1.42. The fourth-order valence-electron chi connectivity index (χ4n) is 9.52. The number of fused-ring (bicyclic) bond motifs is 14. The molecule has 9 atom stereocenters. The highest BCUT2D eigenvalue weighted by molar-refractivity contribution is 6.23. The van der Waals surface area contributed by atoms with Crippen LogP contribution in [0.1, 0.15) is 88.7 Å². The van der Waals surface area contributed by atoms with Crippen molar-refractivity contribution in [2.24, 2.45) is 28.8 Å². The molecule has 4 heterocycles. The van der Waals surface area contributed by atoms with E-state index in [-0.39, 0.29) is 44.5 Å². The minimum atomic E-state index is -2.06. The highest BCUT2D eigenvalue weighted by Gasteiger charge is 2.50. The molecule has 1 saturated heterocycles. The van der Waals surface area contributed by atoms with E-state index in [4.69, 9.17) is 18.9 Å². The Morgan fingerprint density at radius 2 is 1.62 bits per heavy atom. The number of aliphatic hydroxyl groups excluding tert-OH is 3. The minimum Gasteiger partial charge on any atom is -0.507 e. The lowest BCUT2D eigenvalue weighted by Gasteiger charge is -2.38. The zero-order valence-electron chi connectivity index (χ0n) is 37.9. The van der Waals surface area contributed by atoms with Gasteiger partial charge >= 0.3 is 11.8 Å². The summed E-state index contributed by atoms with van der Waals surface area (Å²) in [6.45, 7) is 12.8. The van der Waals surface area contributed by atoms with Gasteiger partial charge in [-0.15, -0.1) is 0 Å². The van der Waals surface area contributed by atoms with Crippen molar-refractivity contribution in [3.05, 3.63) is 52.8 Å². The lowest BCUT2D eigenvalue weighted by Crippen LogP contribution is -2.47. The summed E-state index contributed by atoms with van der Waals surface area (Å²) in [5.41, 5.74) is -0.473. The van der Waals surface area contributed by atoms with Crippen LogP contribution >= 0.6 is 0 Å². The number of aliphatic hydroxyl groups is 3. The number of methoxy groups -OCH3 is 1. The first-order valence-electron chi connectivity index (χ1n) is 22.1. The predicted octanol–water partition coefficient (Wildman–Crippen LogP) is 4.62. The Labute approximate surface area is 373 Å². The predicted molar refractivity (Wildman–Crippen MR) is 238 cm³/mol. The molecule has 2 aromatic carbocycles. The number of anilines is 1. The number of ether oxygens (including phenoxy) is 4. The lowest BCUT2D eigenvalue weighted by atomic mass is 9.78. The van der Waals surface area contributed by atoms with Crippen LogP contribution in [0.15, 0.2) is 41.2 Å². The van der Waals surface area contributed by atoms with E-state index in [1.165, 1.54) is 84.4 Å². The van der Waals surface area contributed by atoms with Gasteiger partial charge in [-0.2, -0.15) is 5.10 Å². The molecule has 17 heteroatoms. The fourth-order valence-corrected chi connectivity index (χ4v) is 9.52. The van der Waals surface area contributed by atoms with Crippen LogP contribution in [0.5, 0.6) is 23.0 Å². The van der Waals surface area contributed by atoms with Crippen LogP contribution in [0.2, 0.25) is 0 Å². The number of aromatic hydroxyl groups is 3. The fraction of sp³-hybridized carbons (Fsp3) is 0.574. The molecule has 7 N–H and O–H groups in total. The topological polar surface area (TPSA) is 240 Å². The van der Waals surface area contributed by atoms with Gasteiger partial charge in [0.25, 0.3) is 11.7 Å². The average Bonchev–Trinajstić information content (AvgIpc) is 3.91. The number of ketones is 1. The van der Waals surface area contributed by atoms with E-state index in [1.807, 2.05) is 5.01 Å². The highest BCUT2D eigenvalue weighted by atomic mass is 16.7. The van der Waals surface area contributed by atoms with Crippen LogP contribution in [0.3, 0.4) is 0 Å². The van der Waals surface area contributed by atoms with E-state index in [9.17, 15) is 45.0 Å². The Morgan fingerprint density at radius 1 is 0.953 bits per heavy atom. The molecule has 64 heavy (non-hydrogen) atoms. The van der Waals surface area contributed by atoms with Gasteiger partial charge in [0, 0.05) is 93.4 Å². The van der Waals surface area contributed by atoms with Crippen molar-refractivity contribution in [1.29, 1.82) is 0 Å². The first kappa shape index (κ1) is 48.3. The average molecular weight is 893 g/mol. The maximum absolute atomic E-state index is 14.5. The molecule has 5 aliphatic rings. The number of nitrogens with one attached hydrogen (secondary N) is 1. The molecular weight excluding hydrogens is 829 g/mol. The van der Waals surface area contributed by atoms with Crippen LogP contribution < -0.4 is 10.1 Å². The summed E-state index contributed by atoms with van der Waals surface area (Å²) in [6.07, 6.45) is 8.77. The smallest absolute Gasteiger partial charge is 0.312 e. The number of rotatable bonds is 6. The van der Waals surface area contributed by atoms with Crippen molar-refractivity contribution >= 4 is 40.3 Å². The van der Waals surface area contributed by atoms with Crippen LogP contribution in [0.25, 0.3) is 10.8 Å². The molecule has 0 radical (unpaired) electrons. The molecule has 0 aromatic heterocycles. The van der Waals surface area contributed by atoms with Crippen molar-refractivity contribution in [1.82, 2.24) is 9.91 Å². The monoisotopic (exact) mass is 892 g/mol. The second-order valence-corrected chi connectivity index (χ2v) is 17.8. The summed E-state index contributed by atoms with van der Waals surface area (Å²) in [4.78, 5) is 43.3. The van der Waals surface area contributed by atoms with Gasteiger partial charge < -0.3 is 54.9 Å². The third-order valence-corrected chi connectivity index (χ3v) is 13.6. The maximum Gasteiger partial charge on any atom is 0.312 e. The highest BCUT2D eigenvalue weighted by Crippen LogP contribution is 2.55. The molecule has 1 aliphatic carbocycles. The van der Waals surface area contributed by atoms with Gasteiger partial charge in [-0.3, -0.25) is 24.3 Å². The van der Waals surface area contributed by atoms with E-state index in [0.717, 1.165) is 25.9 Å². The van der Waals surface area contributed by atoms with Crippen molar-refractivity contribution in [2.45, 2.75) is 110 Å². The number of piperazine rings is 1. The Morgan fingerprint density at radius 3 is 2.25 bits per heavy atom. The summed E-state index contributed by atoms with van der Waals surface area (Å²) in [6, 6.07) is 0.541. The van der Waals surface area contributed by atoms with Gasteiger partial charge in [0.2, 0.25) is 0 Å². The van der Waals surface area contributed by atoms with E-state index >= 15 is 0 Å². The van der Waals surface area contributed by atoms with E-state index in [2.05, 4.69) is 15.3 Å². The quantitative estimate of drug-likeness (QED) is 0.0907. The number of phenols is 3. The number of carbonyl (C=O) groups excluding carboxylic acids is 3. The first-order valence-corrected chi connectivity index (χ1v) is 22.1. The normalized spacial score (nSPS) is 32.0. The lowest BCUT2D eigenvalue weighted by molar-refractivity contribution is -0.160. The number of nitrogens with zero attached hydrogens (tertiary/aromatic N) is 3. The zero-order valence-corrected chi connectivity index (χ0v) is 37.9. The Bertz CT molecular complexity index is 2210. The molecule has 0 unspecified atom stereocenters. The van der Waals surface area contributed by atoms with E-state index in [1.54, 1.807) is 20.8 Å². The summed E-state index contributed by atoms with van der Waals surface area (Å²) in [5.74, 6) is -9.19. The Hall–Kier alpha value is -5.20. The van der Waals surface area contributed by atoms with E-state index in [0.29, 0.717) is 19.1 Å². The first-order chi connectivity index (χ1) is 30.3. The summed E-state index contributed by atoms with van der Waals surface area (Å²) in [5, 5.41) is 77.8. The molecule has 1 amide bonds. The number of carbonyl (C=O) groups is 3. The number of amides is 1.